The molecule has 0 aromatic heterocycles. The smallest absolute Gasteiger partial charge is 0.878 e. The van der Waals surface area contributed by atoms with E-state index in [1.807, 2.05) is 20.8 Å². The van der Waals surface area contributed by atoms with Crippen LogP contribution in [0.3, 0.4) is 0 Å². The Kier molecular flexibility index (Phi) is 8.05. The number of hydrogen-bond donors (Lipinski definition) is 0. The standard InChI is InChI=1S/C6H12O.Na/c1-5(2)6(3)4-7;/h4-5,7H,1-3H3;/q;+1/p-1/b6-4-;. The van der Waals surface area contributed by atoms with Crippen molar-refractivity contribution in [3.63, 3.8) is 0 Å². The van der Waals surface area contributed by atoms with E-state index in [2.05, 4.69) is 0 Å². The average molecular weight is 122 g/mol. The third-order valence-electron chi connectivity index (χ3n) is 1.10. The van der Waals surface area contributed by atoms with Crippen LogP contribution in [0, 0.1) is 5.92 Å². The summed E-state index contributed by atoms with van der Waals surface area (Å²) < 4.78 is 0. The Morgan fingerprint density at radius 3 is 1.88 bits per heavy atom. The maximum Gasteiger partial charge on any atom is 1.00 e. The van der Waals surface area contributed by atoms with Crippen molar-refractivity contribution in [1.82, 2.24) is 0 Å². The molecule has 0 rings (SSSR count). The zero-order valence-corrected chi connectivity index (χ0v) is 8.06. The molecular weight excluding hydrogens is 111 g/mol. The van der Waals surface area contributed by atoms with Crippen molar-refractivity contribution in [1.29, 1.82) is 0 Å². The Morgan fingerprint density at radius 2 is 1.88 bits per heavy atom. The summed E-state index contributed by atoms with van der Waals surface area (Å²) in [6.45, 7) is 5.85. The van der Waals surface area contributed by atoms with E-state index < -0.39 is 0 Å². The van der Waals surface area contributed by atoms with Gasteiger partial charge in [-0.1, -0.05) is 19.4 Å². The van der Waals surface area contributed by atoms with Crippen molar-refractivity contribution in [2.45, 2.75) is 20.8 Å². The molecule has 2 heteroatoms. The fourth-order valence-electron chi connectivity index (χ4n) is 0.136. The molecule has 1 nitrogen and oxygen atoms in total. The third-order valence-corrected chi connectivity index (χ3v) is 1.10. The van der Waals surface area contributed by atoms with Crippen molar-refractivity contribution in [3.05, 3.63) is 11.8 Å². The molecule has 0 aliphatic heterocycles. The molecule has 42 valence electrons. The van der Waals surface area contributed by atoms with Gasteiger partial charge in [-0.05, 0) is 12.8 Å². The van der Waals surface area contributed by atoms with Crippen LogP contribution in [0.15, 0.2) is 11.8 Å². The van der Waals surface area contributed by atoms with Gasteiger partial charge in [0.05, 0.1) is 0 Å². The summed E-state index contributed by atoms with van der Waals surface area (Å²) in [7, 11) is 0. The molecule has 0 aliphatic rings. The van der Waals surface area contributed by atoms with Crippen LogP contribution in [0.25, 0.3) is 0 Å². The number of allylic oxidation sites excluding steroid dienone is 1. The van der Waals surface area contributed by atoms with Crippen molar-refractivity contribution in [3.8, 4) is 0 Å². The van der Waals surface area contributed by atoms with Crippen LogP contribution >= 0.6 is 0 Å². The van der Waals surface area contributed by atoms with Gasteiger partial charge in [0.2, 0.25) is 0 Å². The monoisotopic (exact) mass is 122 g/mol. The molecule has 8 heavy (non-hydrogen) atoms. The van der Waals surface area contributed by atoms with Gasteiger partial charge in [0.15, 0.2) is 0 Å². The average Bonchev–Trinajstić information content (AvgIpc) is 1.65. The fraction of sp³-hybridized carbons (Fsp3) is 0.667. The molecule has 0 saturated heterocycles. The second kappa shape index (κ2) is 5.67. The summed E-state index contributed by atoms with van der Waals surface area (Å²) in [4.78, 5) is 0. The van der Waals surface area contributed by atoms with E-state index in [9.17, 15) is 5.11 Å². The normalized spacial score (nSPS) is 11.2. The summed E-state index contributed by atoms with van der Waals surface area (Å²) in [6.07, 6.45) is 0.907. The van der Waals surface area contributed by atoms with Gasteiger partial charge in [-0.25, -0.2) is 0 Å². The Bertz CT molecular complexity index is 76.6. The van der Waals surface area contributed by atoms with Gasteiger partial charge in [-0.2, -0.15) is 0 Å². The minimum absolute atomic E-state index is 0. The van der Waals surface area contributed by atoms with Gasteiger partial charge in [0.25, 0.3) is 0 Å². The van der Waals surface area contributed by atoms with E-state index >= 15 is 0 Å². The van der Waals surface area contributed by atoms with E-state index in [4.69, 9.17) is 0 Å². The molecular formula is C6H11NaO. The zero-order chi connectivity index (χ0) is 5.86. The minimum Gasteiger partial charge on any atom is -0.878 e. The van der Waals surface area contributed by atoms with Crippen molar-refractivity contribution < 1.29 is 34.7 Å². The van der Waals surface area contributed by atoms with Gasteiger partial charge in [0.1, 0.15) is 0 Å². The molecule has 0 radical (unpaired) electrons. The van der Waals surface area contributed by atoms with Crippen LogP contribution in [0.5, 0.6) is 0 Å². The summed E-state index contributed by atoms with van der Waals surface area (Å²) >= 11 is 0. The van der Waals surface area contributed by atoms with Gasteiger partial charge < -0.3 is 5.11 Å². The molecule has 0 bridgehead atoms. The molecule has 0 atom stereocenters. The van der Waals surface area contributed by atoms with Crippen LogP contribution in [0.2, 0.25) is 0 Å². The summed E-state index contributed by atoms with van der Waals surface area (Å²) in [5.74, 6) is 0.414. The van der Waals surface area contributed by atoms with E-state index in [0.29, 0.717) is 5.92 Å². The van der Waals surface area contributed by atoms with Crippen molar-refractivity contribution in [2.24, 2.45) is 5.92 Å². The minimum atomic E-state index is 0. The Hall–Kier alpha value is 0.540. The maximum atomic E-state index is 9.91. The van der Waals surface area contributed by atoms with Gasteiger partial charge in [-0.15, -0.1) is 6.26 Å². The zero-order valence-electron chi connectivity index (χ0n) is 6.06. The first-order valence-corrected chi connectivity index (χ1v) is 2.47. The first-order chi connectivity index (χ1) is 3.18. The molecule has 0 saturated carbocycles. The van der Waals surface area contributed by atoms with E-state index in [0.717, 1.165) is 11.8 Å². The molecule has 0 heterocycles. The van der Waals surface area contributed by atoms with E-state index in [1.54, 1.807) is 0 Å². The molecule has 0 spiro atoms. The SMILES string of the molecule is C/C(=C/[O-])C(C)C.[Na+]. The van der Waals surface area contributed by atoms with Crippen molar-refractivity contribution in [2.75, 3.05) is 0 Å². The fourth-order valence-corrected chi connectivity index (χ4v) is 0.136. The summed E-state index contributed by atoms with van der Waals surface area (Å²) in [5.41, 5.74) is 0.917. The molecule has 0 aromatic rings. The van der Waals surface area contributed by atoms with Gasteiger partial charge in [0, 0.05) is 0 Å². The van der Waals surface area contributed by atoms with Crippen LogP contribution in [0.4, 0.5) is 0 Å². The first kappa shape index (κ1) is 11.4. The number of rotatable bonds is 1. The Morgan fingerprint density at radius 1 is 1.50 bits per heavy atom. The quantitative estimate of drug-likeness (QED) is 0.289. The van der Waals surface area contributed by atoms with Crippen LogP contribution in [0.1, 0.15) is 20.8 Å². The molecule has 0 aromatic carbocycles. The van der Waals surface area contributed by atoms with E-state index in [1.165, 1.54) is 0 Å². The molecule has 0 aliphatic carbocycles. The predicted octanol–water partition coefficient (Wildman–Crippen LogP) is -2.09. The van der Waals surface area contributed by atoms with E-state index in [-0.39, 0.29) is 29.6 Å². The largest absolute Gasteiger partial charge is 1.00 e. The van der Waals surface area contributed by atoms with Crippen LogP contribution < -0.4 is 34.7 Å². The Labute approximate surface area is 73.1 Å². The van der Waals surface area contributed by atoms with Gasteiger partial charge >= 0.3 is 29.6 Å². The molecule has 0 unspecified atom stereocenters. The summed E-state index contributed by atoms with van der Waals surface area (Å²) in [5, 5.41) is 9.91. The van der Waals surface area contributed by atoms with Crippen LogP contribution in [-0.2, 0) is 0 Å². The van der Waals surface area contributed by atoms with Crippen molar-refractivity contribution >= 4 is 0 Å². The van der Waals surface area contributed by atoms with Gasteiger partial charge in [-0.3, -0.25) is 0 Å². The predicted molar refractivity (Wildman–Crippen MR) is 28.6 cm³/mol. The molecule has 0 amide bonds. The maximum absolute atomic E-state index is 9.91. The second-order valence-corrected chi connectivity index (χ2v) is 2.02. The summed E-state index contributed by atoms with van der Waals surface area (Å²) in [6, 6.07) is 0. The topological polar surface area (TPSA) is 23.1 Å². The Balaban J connectivity index is 0. The molecule has 0 fully saturated rings. The first-order valence-electron chi connectivity index (χ1n) is 2.47. The third kappa shape index (κ3) is 4.69. The van der Waals surface area contributed by atoms with Crippen LogP contribution in [-0.4, -0.2) is 0 Å². The molecule has 0 N–H and O–H groups in total. The second-order valence-electron chi connectivity index (χ2n) is 2.02. The number of hydrogen-bond acceptors (Lipinski definition) is 1.